The minimum atomic E-state index is -0.265. The number of esters is 1. The highest BCUT2D eigenvalue weighted by molar-refractivity contribution is 5.95. The fraction of sp³-hybridized carbons (Fsp3) is 0.556. The number of likely N-dealkylation sites (N-methyl/N-ethyl adjacent to an activating group) is 1. The summed E-state index contributed by atoms with van der Waals surface area (Å²) in [5.74, 6) is -0.271. The molecule has 2 rings (SSSR count). The molecule has 1 saturated heterocycles. The number of carbonyl (C=O) groups excluding carboxylic acids is 2. The molecule has 0 bridgehead atoms. The van der Waals surface area contributed by atoms with Gasteiger partial charge in [-0.2, -0.15) is 0 Å². The van der Waals surface area contributed by atoms with Crippen molar-refractivity contribution in [2.75, 3.05) is 32.6 Å². The van der Waals surface area contributed by atoms with E-state index in [0.717, 1.165) is 42.6 Å². The van der Waals surface area contributed by atoms with Gasteiger partial charge < -0.3 is 14.5 Å². The predicted octanol–water partition coefficient (Wildman–Crippen LogP) is 2.41. The van der Waals surface area contributed by atoms with Gasteiger partial charge >= 0.3 is 5.97 Å². The highest BCUT2D eigenvalue weighted by atomic mass is 16.5. The van der Waals surface area contributed by atoms with Crippen LogP contribution in [0.1, 0.15) is 30.4 Å². The number of carbonyl (C=O) groups is 2. The van der Waals surface area contributed by atoms with E-state index in [1.807, 2.05) is 39.1 Å². The lowest BCUT2D eigenvalue weighted by Gasteiger charge is -2.42. The molecule has 1 aliphatic rings. The third-order valence-electron chi connectivity index (χ3n) is 4.90. The number of amides is 1. The van der Waals surface area contributed by atoms with E-state index in [2.05, 4.69) is 5.32 Å². The van der Waals surface area contributed by atoms with Crippen molar-refractivity contribution >= 4 is 17.6 Å². The minimum absolute atomic E-state index is 0.00602. The highest BCUT2D eigenvalue weighted by Crippen LogP contribution is 2.27. The number of hydrogen-bond acceptors (Lipinski definition) is 3. The lowest BCUT2D eigenvalue weighted by Crippen LogP contribution is -2.61. The zero-order valence-electron chi connectivity index (χ0n) is 14.5. The predicted molar refractivity (Wildman–Crippen MR) is 90.1 cm³/mol. The highest BCUT2D eigenvalue weighted by Gasteiger charge is 2.42. The van der Waals surface area contributed by atoms with Crippen molar-refractivity contribution in [3.8, 4) is 0 Å². The number of piperidine rings is 1. The number of methoxy groups -OCH3 is 1. The molecule has 23 heavy (non-hydrogen) atoms. The number of ether oxygens (including phenoxy) is 1. The second-order valence-corrected chi connectivity index (χ2v) is 6.70. The van der Waals surface area contributed by atoms with Crippen LogP contribution in [0.3, 0.4) is 0 Å². The number of likely N-dealkylation sites (tertiary alicyclic amines) is 1. The summed E-state index contributed by atoms with van der Waals surface area (Å²) in [5.41, 5.74) is 2.99. The van der Waals surface area contributed by atoms with Gasteiger partial charge in [-0.3, -0.25) is 4.79 Å². The maximum absolute atomic E-state index is 12.9. The zero-order valence-corrected chi connectivity index (χ0v) is 14.5. The summed E-state index contributed by atoms with van der Waals surface area (Å²) < 4.78 is 5.24. The van der Waals surface area contributed by atoms with E-state index in [0.29, 0.717) is 4.48 Å². The molecule has 126 valence electrons. The minimum Gasteiger partial charge on any atom is -0.465 e. The Hall–Kier alpha value is -1.88. The Kier molecular flexibility index (Phi) is 5.42. The Bertz CT molecular complexity index is 580. The Morgan fingerprint density at radius 3 is 2.52 bits per heavy atom. The molecule has 0 saturated carbocycles. The first-order chi connectivity index (χ1) is 10.9. The SMILES string of the molecule is COC(=O)C[N@@+]1(C)CCCC[C@@H]1C(=O)Nc1c(C)cccc1C. The van der Waals surface area contributed by atoms with Crippen molar-refractivity contribution in [2.24, 2.45) is 0 Å². The first kappa shape index (κ1) is 17.5. The first-order valence-corrected chi connectivity index (χ1v) is 8.15. The van der Waals surface area contributed by atoms with Crippen LogP contribution in [0.4, 0.5) is 5.69 Å². The molecule has 1 fully saturated rings. The smallest absolute Gasteiger partial charge is 0.361 e. The van der Waals surface area contributed by atoms with Crippen LogP contribution in [-0.4, -0.2) is 49.6 Å². The van der Waals surface area contributed by atoms with E-state index in [1.165, 1.54) is 7.11 Å². The number of rotatable bonds is 4. The largest absolute Gasteiger partial charge is 0.465 e. The average molecular weight is 319 g/mol. The third-order valence-corrected chi connectivity index (χ3v) is 4.90. The molecule has 1 heterocycles. The number of aryl methyl sites for hydroxylation is 2. The molecule has 1 aromatic carbocycles. The summed E-state index contributed by atoms with van der Waals surface area (Å²) in [5, 5.41) is 3.09. The zero-order chi connectivity index (χ0) is 17.0. The van der Waals surface area contributed by atoms with Crippen LogP contribution in [0.2, 0.25) is 0 Å². The number of anilines is 1. The average Bonchev–Trinajstić information content (AvgIpc) is 2.50. The second-order valence-electron chi connectivity index (χ2n) is 6.70. The Morgan fingerprint density at radius 1 is 1.26 bits per heavy atom. The van der Waals surface area contributed by atoms with E-state index in [4.69, 9.17) is 4.74 Å². The van der Waals surface area contributed by atoms with Crippen LogP contribution in [-0.2, 0) is 14.3 Å². The molecule has 5 heteroatoms. The van der Waals surface area contributed by atoms with Crippen molar-refractivity contribution in [1.82, 2.24) is 0 Å². The molecule has 0 aliphatic carbocycles. The Balaban J connectivity index is 2.20. The fourth-order valence-corrected chi connectivity index (χ4v) is 3.46. The number of hydrogen-bond donors (Lipinski definition) is 1. The summed E-state index contributed by atoms with van der Waals surface area (Å²) in [4.78, 5) is 24.6. The molecule has 1 amide bonds. The molecule has 0 radical (unpaired) electrons. The first-order valence-electron chi connectivity index (χ1n) is 8.15. The number of nitrogens with zero attached hydrogens (tertiary/aromatic N) is 1. The van der Waals surface area contributed by atoms with Gasteiger partial charge in [-0.15, -0.1) is 0 Å². The molecule has 0 aromatic heterocycles. The molecule has 1 aromatic rings. The monoisotopic (exact) mass is 319 g/mol. The number of quaternary nitrogens is 1. The summed E-state index contributed by atoms with van der Waals surface area (Å²) in [6.45, 7) is 5.04. The Morgan fingerprint density at radius 2 is 1.91 bits per heavy atom. The maximum atomic E-state index is 12.9. The van der Waals surface area contributed by atoms with Crippen LogP contribution in [0.5, 0.6) is 0 Å². The topological polar surface area (TPSA) is 55.4 Å². The van der Waals surface area contributed by atoms with Gasteiger partial charge in [0.15, 0.2) is 12.6 Å². The van der Waals surface area contributed by atoms with E-state index >= 15 is 0 Å². The second kappa shape index (κ2) is 7.13. The molecule has 0 spiro atoms. The van der Waals surface area contributed by atoms with Crippen molar-refractivity contribution in [1.29, 1.82) is 0 Å². The molecule has 2 atom stereocenters. The summed E-state index contributed by atoms with van der Waals surface area (Å²) in [6.07, 6.45) is 2.84. The van der Waals surface area contributed by atoms with Crippen molar-refractivity contribution < 1.29 is 18.8 Å². The fourth-order valence-electron chi connectivity index (χ4n) is 3.46. The van der Waals surface area contributed by atoms with Gasteiger partial charge in [0.2, 0.25) is 0 Å². The van der Waals surface area contributed by atoms with Crippen LogP contribution in [0.25, 0.3) is 0 Å². The van der Waals surface area contributed by atoms with Gasteiger partial charge in [0.25, 0.3) is 5.91 Å². The number of benzene rings is 1. The quantitative estimate of drug-likeness (QED) is 0.685. The molecule has 1 N–H and O–H groups in total. The van der Waals surface area contributed by atoms with E-state index in [1.54, 1.807) is 0 Å². The van der Waals surface area contributed by atoms with E-state index in [9.17, 15) is 9.59 Å². The molecular formula is C18H27N2O3+. The Labute approximate surface area is 138 Å². The molecular weight excluding hydrogens is 292 g/mol. The van der Waals surface area contributed by atoms with Gasteiger partial charge in [-0.25, -0.2) is 4.79 Å². The summed E-state index contributed by atoms with van der Waals surface area (Å²) >= 11 is 0. The molecule has 5 nitrogen and oxygen atoms in total. The van der Waals surface area contributed by atoms with Gasteiger partial charge in [-0.05, 0) is 37.8 Å². The standard InChI is InChI=1S/C18H26N2O3/c1-13-8-7-9-14(2)17(13)19-18(22)15-10-5-6-11-20(15,3)12-16(21)23-4/h7-9,15H,5-6,10-12H2,1-4H3/p+1/t15-,20-/m1/s1. The maximum Gasteiger partial charge on any atom is 0.361 e. The van der Waals surface area contributed by atoms with Gasteiger partial charge in [-0.1, -0.05) is 18.2 Å². The lowest BCUT2D eigenvalue weighted by atomic mass is 9.97. The van der Waals surface area contributed by atoms with Crippen LogP contribution in [0, 0.1) is 13.8 Å². The van der Waals surface area contributed by atoms with Gasteiger partial charge in [0.1, 0.15) is 0 Å². The molecule has 0 unspecified atom stereocenters. The van der Waals surface area contributed by atoms with Gasteiger partial charge in [0.05, 0.1) is 20.7 Å². The summed E-state index contributed by atoms with van der Waals surface area (Å²) in [7, 11) is 3.37. The number of para-hydroxylation sites is 1. The third kappa shape index (κ3) is 3.91. The number of nitrogens with one attached hydrogen (secondary N) is 1. The van der Waals surface area contributed by atoms with Crippen LogP contribution < -0.4 is 5.32 Å². The molecule has 1 aliphatic heterocycles. The van der Waals surface area contributed by atoms with Crippen molar-refractivity contribution in [3.63, 3.8) is 0 Å². The van der Waals surface area contributed by atoms with Crippen molar-refractivity contribution in [3.05, 3.63) is 29.3 Å². The van der Waals surface area contributed by atoms with E-state index < -0.39 is 0 Å². The normalized spacial score (nSPS) is 24.1. The van der Waals surface area contributed by atoms with Crippen LogP contribution in [0.15, 0.2) is 18.2 Å². The van der Waals surface area contributed by atoms with Crippen LogP contribution >= 0.6 is 0 Å². The lowest BCUT2D eigenvalue weighted by molar-refractivity contribution is -0.922. The van der Waals surface area contributed by atoms with E-state index in [-0.39, 0.29) is 24.5 Å². The van der Waals surface area contributed by atoms with Gasteiger partial charge in [0, 0.05) is 12.1 Å². The summed E-state index contributed by atoms with van der Waals surface area (Å²) in [6, 6.07) is 5.75. The van der Waals surface area contributed by atoms with Crippen molar-refractivity contribution in [2.45, 2.75) is 39.2 Å².